The van der Waals surface area contributed by atoms with E-state index in [0.29, 0.717) is 37.1 Å². The van der Waals surface area contributed by atoms with Crippen LogP contribution in [0.5, 0.6) is 5.75 Å². The molecule has 1 saturated heterocycles. The van der Waals surface area contributed by atoms with Gasteiger partial charge in [-0.1, -0.05) is 30.3 Å². The molecule has 4 aromatic rings. The Balaban J connectivity index is 1.61. The maximum Gasteiger partial charge on any atom is 0.332 e. The van der Waals surface area contributed by atoms with E-state index in [-0.39, 0.29) is 23.7 Å². The Hall–Kier alpha value is -4.28. The monoisotopic (exact) mass is 537 g/mol. The molecule has 204 valence electrons. The number of ether oxygens (including phenoxy) is 1. The lowest BCUT2D eigenvalue weighted by Crippen LogP contribution is -2.44. The Morgan fingerprint density at radius 1 is 1.05 bits per heavy atom. The number of halogens is 2. The van der Waals surface area contributed by atoms with Gasteiger partial charge in [-0.2, -0.15) is 5.10 Å². The van der Waals surface area contributed by atoms with E-state index in [9.17, 15) is 23.2 Å². The van der Waals surface area contributed by atoms with Crippen molar-refractivity contribution in [3.05, 3.63) is 81.1 Å². The zero-order valence-corrected chi connectivity index (χ0v) is 21.5. The van der Waals surface area contributed by atoms with Crippen molar-refractivity contribution in [3.8, 4) is 17.0 Å². The number of piperidine rings is 1. The minimum absolute atomic E-state index is 0.0653. The number of hydrogen-bond donors (Lipinski definition) is 0. The number of benzene rings is 2. The fourth-order valence-electron chi connectivity index (χ4n) is 5.12. The van der Waals surface area contributed by atoms with Crippen LogP contribution in [0.3, 0.4) is 0 Å². The van der Waals surface area contributed by atoms with Gasteiger partial charge < -0.3 is 9.64 Å². The molecule has 0 unspecified atom stereocenters. The number of amides is 1. The summed E-state index contributed by atoms with van der Waals surface area (Å²) in [5, 5.41) is 4.74. The van der Waals surface area contributed by atoms with Gasteiger partial charge in [0.25, 0.3) is 5.56 Å². The van der Waals surface area contributed by atoms with Gasteiger partial charge >= 0.3 is 5.69 Å². The van der Waals surface area contributed by atoms with Crippen LogP contribution >= 0.6 is 0 Å². The molecule has 1 amide bonds. The normalized spacial score (nSPS) is 14.3. The summed E-state index contributed by atoms with van der Waals surface area (Å²) in [6.45, 7) is -1.13. The number of aromatic nitrogens is 4. The number of hydrogen-bond acceptors (Lipinski definition) is 5. The molecule has 0 N–H and O–H groups in total. The third-order valence-electron chi connectivity index (χ3n) is 7.12. The first-order valence-corrected chi connectivity index (χ1v) is 12.8. The number of alkyl halides is 2. The topological polar surface area (TPSA) is 91.4 Å². The van der Waals surface area contributed by atoms with Gasteiger partial charge in [-0.05, 0) is 42.7 Å². The Morgan fingerprint density at radius 3 is 2.44 bits per heavy atom. The van der Waals surface area contributed by atoms with Crippen LogP contribution in [-0.4, -0.2) is 62.8 Å². The first-order chi connectivity index (χ1) is 18.9. The average Bonchev–Trinajstić information content (AvgIpc) is 3.34. The van der Waals surface area contributed by atoms with Gasteiger partial charge in [0, 0.05) is 26.2 Å². The number of carbonyl (C=O) groups excluding carboxylic acids is 1. The molecule has 5 rings (SSSR count). The van der Waals surface area contributed by atoms with Gasteiger partial charge in [-0.25, -0.2) is 13.6 Å². The van der Waals surface area contributed by atoms with E-state index < -0.39 is 30.7 Å². The smallest absolute Gasteiger partial charge is 0.332 e. The van der Waals surface area contributed by atoms with Crippen LogP contribution in [0, 0.1) is 0 Å². The van der Waals surface area contributed by atoms with Crippen LogP contribution in [0.1, 0.15) is 24.6 Å². The highest BCUT2D eigenvalue weighted by Crippen LogP contribution is 2.26. The first kappa shape index (κ1) is 26.3. The lowest BCUT2D eigenvalue weighted by Gasteiger charge is -2.31. The molecule has 39 heavy (non-hydrogen) atoms. The van der Waals surface area contributed by atoms with Crippen LogP contribution in [0.25, 0.3) is 22.2 Å². The van der Waals surface area contributed by atoms with Crippen molar-refractivity contribution in [2.45, 2.75) is 31.5 Å². The highest BCUT2D eigenvalue weighted by atomic mass is 19.1. The van der Waals surface area contributed by atoms with Crippen molar-refractivity contribution in [2.24, 2.45) is 7.05 Å². The van der Waals surface area contributed by atoms with E-state index in [0.717, 1.165) is 22.2 Å². The second-order valence-corrected chi connectivity index (χ2v) is 9.65. The molecule has 1 fully saturated rings. The fourth-order valence-corrected chi connectivity index (χ4v) is 5.12. The van der Waals surface area contributed by atoms with Gasteiger partial charge in [0.1, 0.15) is 19.1 Å². The lowest BCUT2D eigenvalue weighted by molar-refractivity contribution is -0.119. The quantitative estimate of drug-likeness (QED) is 0.306. The molecule has 1 aliphatic heterocycles. The average molecular weight is 538 g/mol. The standard InChI is InChI=1S/C28H29F2N5O4/c1-32-26(19-5-3-2-4-6-19)13-20(31-32)17-34-27(37)24-14-22(39-23(15-29)16-30)7-8-25(24)35(28(34)38)21-9-11-33(18-36)12-10-21/h2-8,13-14,18,21,23H,9-12,15-17H2,1H3. The number of likely N-dealkylation sites (tertiary alicyclic amines) is 1. The third kappa shape index (κ3) is 5.21. The molecule has 2 aromatic carbocycles. The van der Waals surface area contributed by atoms with E-state index in [1.165, 1.54) is 12.1 Å². The molecule has 3 heterocycles. The second kappa shape index (κ2) is 11.2. The predicted molar refractivity (Wildman–Crippen MR) is 142 cm³/mol. The Morgan fingerprint density at radius 2 is 1.77 bits per heavy atom. The summed E-state index contributed by atoms with van der Waals surface area (Å²) in [4.78, 5) is 40.4. The number of nitrogens with zero attached hydrogens (tertiary/aromatic N) is 5. The van der Waals surface area contributed by atoms with Gasteiger partial charge in [-0.15, -0.1) is 0 Å². The van der Waals surface area contributed by atoms with Crippen molar-refractivity contribution >= 4 is 17.3 Å². The molecular weight excluding hydrogens is 508 g/mol. The number of fused-ring (bicyclic) bond motifs is 1. The molecule has 0 radical (unpaired) electrons. The maximum absolute atomic E-state index is 13.9. The molecule has 0 saturated carbocycles. The summed E-state index contributed by atoms with van der Waals surface area (Å²) >= 11 is 0. The molecular formula is C28H29F2N5O4. The second-order valence-electron chi connectivity index (χ2n) is 9.65. The highest BCUT2D eigenvalue weighted by molar-refractivity contribution is 5.80. The summed E-state index contributed by atoms with van der Waals surface area (Å²) in [5.41, 5.74) is 1.68. The molecule has 11 heteroatoms. The van der Waals surface area contributed by atoms with Gasteiger partial charge in [0.15, 0.2) is 6.10 Å². The zero-order chi connectivity index (χ0) is 27.5. The van der Waals surface area contributed by atoms with E-state index in [1.807, 2.05) is 36.4 Å². The fraction of sp³-hybridized carbons (Fsp3) is 0.357. The SMILES string of the molecule is Cn1nc(Cn2c(=O)c3cc(OC(CF)CF)ccc3n(C3CCN(C=O)CC3)c2=O)cc1-c1ccccc1. The zero-order valence-electron chi connectivity index (χ0n) is 21.5. The van der Waals surface area contributed by atoms with Gasteiger partial charge in [0.2, 0.25) is 6.41 Å². The van der Waals surface area contributed by atoms with E-state index in [4.69, 9.17) is 4.74 Å². The van der Waals surface area contributed by atoms with Crippen molar-refractivity contribution in [3.63, 3.8) is 0 Å². The van der Waals surface area contributed by atoms with Crippen molar-refractivity contribution in [2.75, 3.05) is 26.4 Å². The first-order valence-electron chi connectivity index (χ1n) is 12.8. The minimum Gasteiger partial charge on any atom is -0.485 e. The maximum atomic E-state index is 13.9. The van der Waals surface area contributed by atoms with Crippen LogP contribution in [0.15, 0.2) is 64.2 Å². The van der Waals surface area contributed by atoms with Crippen molar-refractivity contribution in [1.82, 2.24) is 23.8 Å². The minimum atomic E-state index is -1.28. The van der Waals surface area contributed by atoms with E-state index in [2.05, 4.69) is 5.10 Å². The summed E-state index contributed by atoms with van der Waals surface area (Å²) in [7, 11) is 1.80. The summed E-state index contributed by atoms with van der Waals surface area (Å²) in [6.07, 6.45) is 0.586. The Bertz CT molecular complexity index is 1590. The van der Waals surface area contributed by atoms with Crippen molar-refractivity contribution < 1.29 is 18.3 Å². The number of rotatable bonds is 9. The molecule has 0 atom stereocenters. The predicted octanol–water partition coefficient (Wildman–Crippen LogP) is 3.09. The molecule has 2 aromatic heterocycles. The van der Waals surface area contributed by atoms with Gasteiger partial charge in [-0.3, -0.25) is 23.4 Å². The highest BCUT2D eigenvalue weighted by Gasteiger charge is 2.25. The van der Waals surface area contributed by atoms with E-state index >= 15 is 0 Å². The van der Waals surface area contributed by atoms with Gasteiger partial charge in [0.05, 0.1) is 28.8 Å². The molecule has 9 nitrogen and oxygen atoms in total. The molecule has 0 aliphatic carbocycles. The van der Waals surface area contributed by atoms with Crippen molar-refractivity contribution in [1.29, 1.82) is 0 Å². The summed E-state index contributed by atoms with van der Waals surface area (Å²) < 4.78 is 36.0. The van der Waals surface area contributed by atoms with E-state index in [1.54, 1.807) is 27.3 Å². The number of aryl methyl sites for hydroxylation is 1. The summed E-state index contributed by atoms with van der Waals surface area (Å²) in [5.74, 6) is 0.136. The van der Waals surface area contributed by atoms with Crippen LogP contribution in [0.4, 0.5) is 8.78 Å². The molecule has 0 bridgehead atoms. The van der Waals surface area contributed by atoms with Crippen LogP contribution < -0.4 is 16.0 Å². The van der Waals surface area contributed by atoms with Crippen LogP contribution in [-0.2, 0) is 18.4 Å². The molecule has 1 aliphatic rings. The van der Waals surface area contributed by atoms with Crippen LogP contribution in [0.2, 0.25) is 0 Å². The molecule has 0 spiro atoms. The number of carbonyl (C=O) groups is 1. The summed E-state index contributed by atoms with van der Waals surface area (Å²) in [6, 6.07) is 15.7. The Kier molecular flexibility index (Phi) is 7.58. The Labute approximate surface area is 222 Å². The third-order valence-corrected chi connectivity index (χ3v) is 7.12. The lowest BCUT2D eigenvalue weighted by atomic mass is 10.0. The largest absolute Gasteiger partial charge is 0.485 e.